The lowest BCUT2D eigenvalue weighted by Crippen LogP contribution is -2.05. The maximum Gasteiger partial charge on any atom is 0.307 e. The molecular formula is C12H12ClNO2. The Morgan fingerprint density at radius 2 is 2.25 bits per heavy atom. The fraction of sp³-hybridized carbons (Fsp3) is 0.250. The summed E-state index contributed by atoms with van der Waals surface area (Å²) in [6, 6.07) is 7.69. The number of ether oxygens (including phenoxy) is 1. The zero-order valence-electron chi connectivity index (χ0n) is 8.94. The highest BCUT2D eigenvalue weighted by Gasteiger charge is 2.04. The molecule has 84 valence electrons. The van der Waals surface area contributed by atoms with Gasteiger partial charge in [-0.1, -0.05) is 11.6 Å². The normalized spacial score (nSPS) is 10.6. The van der Waals surface area contributed by atoms with Gasteiger partial charge < -0.3 is 9.30 Å². The molecule has 1 heterocycles. The molecule has 0 aliphatic carbocycles. The largest absolute Gasteiger partial charge is 0.469 e. The smallest absolute Gasteiger partial charge is 0.307 e. The minimum absolute atomic E-state index is 0.198. The zero-order chi connectivity index (χ0) is 11.5. The van der Waals surface area contributed by atoms with Gasteiger partial charge in [-0.2, -0.15) is 0 Å². The average Bonchev–Trinajstić information content (AvgIpc) is 2.68. The van der Waals surface area contributed by atoms with Crippen molar-refractivity contribution in [3.8, 4) is 0 Å². The number of aromatic nitrogens is 1. The fourth-order valence-corrected chi connectivity index (χ4v) is 1.86. The minimum Gasteiger partial charge on any atom is -0.469 e. The number of rotatable bonds is 3. The van der Waals surface area contributed by atoms with Crippen molar-refractivity contribution in [1.29, 1.82) is 0 Å². The van der Waals surface area contributed by atoms with Gasteiger partial charge >= 0.3 is 5.97 Å². The van der Waals surface area contributed by atoms with E-state index in [1.807, 2.05) is 35.0 Å². The Balaban J connectivity index is 2.22. The van der Waals surface area contributed by atoms with Crippen molar-refractivity contribution >= 4 is 28.5 Å². The van der Waals surface area contributed by atoms with E-state index in [0.29, 0.717) is 13.0 Å². The monoisotopic (exact) mass is 237 g/mol. The molecule has 0 bridgehead atoms. The topological polar surface area (TPSA) is 31.2 Å². The second kappa shape index (κ2) is 4.58. The van der Waals surface area contributed by atoms with E-state index in [2.05, 4.69) is 4.74 Å². The van der Waals surface area contributed by atoms with Gasteiger partial charge in [-0.25, -0.2) is 0 Å². The number of fused-ring (bicyclic) bond motifs is 1. The summed E-state index contributed by atoms with van der Waals surface area (Å²) in [4.78, 5) is 11.0. The summed E-state index contributed by atoms with van der Waals surface area (Å²) in [5.74, 6) is -0.198. The van der Waals surface area contributed by atoms with E-state index >= 15 is 0 Å². The molecular weight excluding hydrogens is 226 g/mol. The van der Waals surface area contributed by atoms with Crippen molar-refractivity contribution in [3.63, 3.8) is 0 Å². The molecule has 0 amide bonds. The van der Waals surface area contributed by atoms with Crippen LogP contribution in [0.5, 0.6) is 0 Å². The lowest BCUT2D eigenvalue weighted by Gasteiger charge is -2.04. The summed E-state index contributed by atoms with van der Waals surface area (Å²) < 4.78 is 6.62. The molecule has 0 aliphatic rings. The van der Waals surface area contributed by atoms with E-state index in [9.17, 15) is 4.79 Å². The number of esters is 1. The van der Waals surface area contributed by atoms with Crippen molar-refractivity contribution < 1.29 is 9.53 Å². The van der Waals surface area contributed by atoms with Crippen molar-refractivity contribution in [2.45, 2.75) is 13.0 Å². The van der Waals surface area contributed by atoms with Crippen LogP contribution >= 0.6 is 11.6 Å². The van der Waals surface area contributed by atoms with Gasteiger partial charge in [0.1, 0.15) is 0 Å². The van der Waals surface area contributed by atoms with Crippen LogP contribution in [0, 0.1) is 0 Å². The van der Waals surface area contributed by atoms with E-state index in [-0.39, 0.29) is 5.97 Å². The van der Waals surface area contributed by atoms with Crippen molar-refractivity contribution in [3.05, 3.63) is 35.5 Å². The Hall–Kier alpha value is -1.48. The van der Waals surface area contributed by atoms with Gasteiger partial charge in [0.15, 0.2) is 0 Å². The van der Waals surface area contributed by atoms with Crippen LogP contribution in [0.25, 0.3) is 10.9 Å². The third kappa shape index (κ3) is 2.19. The molecule has 16 heavy (non-hydrogen) atoms. The van der Waals surface area contributed by atoms with Crippen LogP contribution in [0.1, 0.15) is 6.42 Å². The molecule has 2 aromatic rings. The van der Waals surface area contributed by atoms with Gasteiger partial charge in [0.25, 0.3) is 0 Å². The molecule has 0 unspecified atom stereocenters. The van der Waals surface area contributed by atoms with Gasteiger partial charge in [-0.05, 0) is 24.3 Å². The first-order valence-electron chi connectivity index (χ1n) is 5.02. The van der Waals surface area contributed by atoms with Crippen LogP contribution in [0.15, 0.2) is 30.5 Å². The number of hydrogen-bond donors (Lipinski definition) is 0. The lowest BCUT2D eigenvalue weighted by atomic mass is 10.2. The average molecular weight is 238 g/mol. The minimum atomic E-state index is -0.198. The Morgan fingerprint density at radius 3 is 3.00 bits per heavy atom. The van der Waals surface area contributed by atoms with Crippen LogP contribution in [0.4, 0.5) is 0 Å². The lowest BCUT2D eigenvalue weighted by molar-refractivity contribution is -0.140. The van der Waals surface area contributed by atoms with Gasteiger partial charge in [-0.15, -0.1) is 0 Å². The molecule has 0 N–H and O–H groups in total. The zero-order valence-corrected chi connectivity index (χ0v) is 9.70. The van der Waals surface area contributed by atoms with Gasteiger partial charge in [0.05, 0.1) is 13.5 Å². The molecule has 0 saturated carbocycles. The third-order valence-electron chi connectivity index (χ3n) is 2.52. The van der Waals surface area contributed by atoms with E-state index in [1.54, 1.807) is 0 Å². The maximum atomic E-state index is 11.0. The van der Waals surface area contributed by atoms with E-state index in [1.165, 1.54) is 7.11 Å². The quantitative estimate of drug-likeness (QED) is 0.769. The number of methoxy groups -OCH3 is 1. The number of nitrogens with zero attached hydrogens (tertiary/aromatic N) is 1. The number of benzene rings is 1. The molecule has 1 aromatic heterocycles. The van der Waals surface area contributed by atoms with Crippen LogP contribution in [0.3, 0.4) is 0 Å². The summed E-state index contributed by atoms with van der Waals surface area (Å²) in [5, 5.41) is 1.80. The first-order valence-corrected chi connectivity index (χ1v) is 5.40. The van der Waals surface area contributed by atoms with E-state index in [4.69, 9.17) is 11.6 Å². The first-order chi connectivity index (χ1) is 7.70. The Kier molecular flexibility index (Phi) is 3.15. The van der Waals surface area contributed by atoms with Crippen LogP contribution < -0.4 is 0 Å². The maximum absolute atomic E-state index is 11.0. The van der Waals surface area contributed by atoms with Crippen LogP contribution in [0.2, 0.25) is 5.02 Å². The van der Waals surface area contributed by atoms with Crippen LogP contribution in [-0.4, -0.2) is 17.6 Å². The number of halogens is 1. The Morgan fingerprint density at radius 1 is 1.44 bits per heavy atom. The predicted octanol–water partition coefficient (Wildman–Crippen LogP) is 2.86. The van der Waals surface area contributed by atoms with Crippen molar-refractivity contribution in [2.24, 2.45) is 0 Å². The highest BCUT2D eigenvalue weighted by atomic mass is 35.5. The molecule has 1 aromatic carbocycles. The molecule has 0 aliphatic heterocycles. The standard InChI is InChI=1S/C12H12ClNO2/c1-16-12(15)5-7-14-6-4-9-8-10(13)2-3-11(9)14/h2-4,6,8H,5,7H2,1H3. The van der Waals surface area contributed by atoms with E-state index in [0.717, 1.165) is 15.9 Å². The summed E-state index contributed by atoms with van der Waals surface area (Å²) in [5.41, 5.74) is 1.08. The number of carbonyl (C=O) groups is 1. The molecule has 0 spiro atoms. The molecule has 4 heteroatoms. The molecule has 0 fully saturated rings. The molecule has 0 radical (unpaired) electrons. The van der Waals surface area contributed by atoms with Gasteiger partial charge in [-0.3, -0.25) is 4.79 Å². The summed E-state index contributed by atoms with van der Waals surface area (Å²) in [6.07, 6.45) is 2.33. The highest BCUT2D eigenvalue weighted by Crippen LogP contribution is 2.20. The second-order valence-electron chi connectivity index (χ2n) is 3.54. The summed E-state index contributed by atoms with van der Waals surface area (Å²) in [7, 11) is 1.40. The number of carbonyl (C=O) groups excluding carboxylic acids is 1. The first kappa shape index (κ1) is 11.0. The second-order valence-corrected chi connectivity index (χ2v) is 3.97. The number of hydrogen-bond acceptors (Lipinski definition) is 2. The van der Waals surface area contributed by atoms with Gasteiger partial charge in [0.2, 0.25) is 0 Å². The van der Waals surface area contributed by atoms with Crippen molar-refractivity contribution in [1.82, 2.24) is 4.57 Å². The predicted molar refractivity (Wildman–Crippen MR) is 63.6 cm³/mol. The third-order valence-corrected chi connectivity index (χ3v) is 2.75. The Labute approximate surface area is 98.6 Å². The molecule has 0 atom stereocenters. The van der Waals surface area contributed by atoms with Crippen LogP contribution in [-0.2, 0) is 16.1 Å². The Bertz CT molecular complexity index is 519. The van der Waals surface area contributed by atoms with Gasteiger partial charge in [0, 0.05) is 28.7 Å². The summed E-state index contributed by atoms with van der Waals surface area (Å²) >= 11 is 5.89. The number of aryl methyl sites for hydroxylation is 1. The molecule has 0 saturated heterocycles. The highest BCUT2D eigenvalue weighted by molar-refractivity contribution is 6.31. The molecule has 2 rings (SSSR count). The SMILES string of the molecule is COC(=O)CCn1ccc2cc(Cl)ccc21. The fourth-order valence-electron chi connectivity index (χ4n) is 1.68. The summed E-state index contributed by atoms with van der Waals surface area (Å²) in [6.45, 7) is 0.623. The van der Waals surface area contributed by atoms with Crippen molar-refractivity contribution in [2.75, 3.05) is 7.11 Å². The van der Waals surface area contributed by atoms with E-state index < -0.39 is 0 Å². The molecule has 3 nitrogen and oxygen atoms in total.